The van der Waals surface area contributed by atoms with Crippen LogP contribution in [0.25, 0.3) is 0 Å². The summed E-state index contributed by atoms with van der Waals surface area (Å²) in [6.07, 6.45) is 0.0258. The van der Waals surface area contributed by atoms with Crippen molar-refractivity contribution in [2.75, 3.05) is 32.8 Å². The van der Waals surface area contributed by atoms with Gasteiger partial charge in [-0.25, -0.2) is 0 Å². The Kier molecular flexibility index (Phi) is 5.07. The third-order valence-electron chi connectivity index (χ3n) is 3.03. The van der Waals surface area contributed by atoms with Gasteiger partial charge in [-0.3, -0.25) is 9.69 Å². The summed E-state index contributed by atoms with van der Waals surface area (Å²) >= 11 is 5.62. The van der Waals surface area contributed by atoms with E-state index in [9.17, 15) is 4.79 Å². The van der Waals surface area contributed by atoms with E-state index in [2.05, 4.69) is 27.3 Å². The number of rotatable bonds is 4. The largest absolute Gasteiger partial charge is 0.374 e. The quantitative estimate of drug-likeness (QED) is 0.876. The standard InChI is InChI=1S/C12H17ClN4O2/c1-2-17-5-6-19-9(8-17)7-14-12(18)10-3-4-11(13)16-15-10/h3-4,9H,2,5-8H2,1H3,(H,14,18). The molecule has 0 radical (unpaired) electrons. The molecular formula is C12H17ClN4O2. The number of hydrogen-bond acceptors (Lipinski definition) is 5. The molecule has 1 atom stereocenters. The maximum atomic E-state index is 11.8. The van der Waals surface area contributed by atoms with E-state index in [4.69, 9.17) is 16.3 Å². The van der Waals surface area contributed by atoms with Crippen LogP contribution >= 0.6 is 11.6 Å². The molecule has 1 N–H and O–H groups in total. The fourth-order valence-electron chi connectivity index (χ4n) is 1.93. The normalized spacial score (nSPS) is 20.2. The molecule has 1 aliphatic rings. The summed E-state index contributed by atoms with van der Waals surface area (Å²) in [6, 6.07) is 3.09. The number of hydrogen-bond donors (Lipinski definition) is 1. The Labute approximate surface area is 117 Å². The van der Waals surface area contributed by atoms with Crippen LogP contribution in [0.2, 0.25) is 5.15 Å². The molecule has 0 aliphatic carbocycles. The van der Waals surface area contributed by atoms with Gasteiger partial charge in [0.25, 0.3) is 5.91 Å². The molecule has 0 bridgehead atoms. The number of likely N-dealkylation sites (N-methyl/N-ethyl adjacent to an activating group) is 1. The zero-order valence-corrected chi connectivity index (χ0v) is 11.6. The van der Waals surface area contributed by atoms with Crippen molar-refractivity contribution < 1.29 is 9.53 Å². The average molecular weight is 285 g/mol. The monoisotopic (exact) mass is 284 g/mol. The molecule has 0 spiro atoms. The first-order valence-electron chi connectivity index (χ1n) is 6.30. The Morgan fingerprint density at radius 1 is 1.58 bits per heavy atom. The fraction of sp³-hybridized carbons (Fsp3) is 0.583. The lowest BCUT2D eigenvalue weighted by atomic mass is 10.2. The predicted octanol–water partition coefficient (Wildman–Crippen LogP) is 0.580. The van der Waals surface area contributed by atoms with Crippen LogP contribution in [0.3, 0.4) is 0 Å². The van der Waals surface area contributed by atoms with Crippen molar-refractivity contribution in [3.63, 3.8) is 0 Å². The minimum Gasteiger partial charge on any atom is -0.374 e. The van der Waals surface area contributed by atoms with Gasteiger partial charge in [0.1, 0.15) is 0 Å². The smallest absolute Gasteiger partial charge is 0.271 e. The molecule has 2 rings (SSSR count). The zero-order chi connectivity index (χ0) is 13.7. The van der Waals surface area contributed by atoms with Gasteiger partial charge in [0, 0.05) is 19.6 Å². The Bertz CT molecular complexity index is 426. The van der Waals surface area contributed by atoms with E-state index < -0.39 is 0 Å². The Morgan fingerprint density at radius 3 is 3.11 bits per heavy atom. The van der Waals surface area contributed by atoms with Crippen LogP contribution in [-0.4, -0.2) is 59.9 Å². The second kappa shape index (κ2) is 6.79. The molecule has 1 saturated heterocycles. The first kappa shape index (κ1) is 14.2. The summed E-state index contributed by atoms with van der Waals surface area (Å²) < 4.78 is 5.60. The van der Waals surface area contributed by atoms with Crippen LogP contribution in [0.15, 0.2) is 12.1 Å². The van der Waals surface area contributed by atoms with Crippen LogP contribution < -0.4 is 5.32 Å². The van der Waals surface area contributed by atoms with Crippen molar-refractivity contribution in [1.82, 2.24) is 20.4 Å². The molecule has 1 aromatic rings. The number of carbonyl (C=O) groups excluding carboxylic acids is 1. The number of nitrogens with one attached hydrogen (secondary N) is 1. The van der Waals surface area contributed by atoms with Gasteiger partial charge in [-0.1, -0.05) is 18.5 Å². The number of halogens is 1. The van der Waals surface area contributed by atoms with E-state index >= 15 is 0 Å². The highest BCUT2D eigenvalue weighted by atomic mass is 35.5. The molecule has 0 aromatic carbocycles. The predicted molar refractivity (Wildman–Crippen MR) is 71.2 cm³/mol. The molecule has 1 aliphatic heterocycles. The lowest BCUT2D eigenvalue weighted by Gasteiger charge is -2.32. The summed E-state index contributed by atoms with van der Waals surface area (Å²) in [5.41, 5.74) is 0.257. The number of ether oxygens (including phenoxy) is 1. The lowest BCUT2D eigenvalue weighted by Crippen LogP contribution is -2.47. The summed E-state index contributed by atoms with van der Waals surface area (Å²) in [5, 5.41) is 10.4. The van der Waals surface area contributed by atoms with Crippen LogP contribution in [0.1, 0.15) is 17.4 Å². The number of morpholine rings is 1. The molecule has 1 aromatic heterocycles. The first-order valence-corrected chi connectivity index (χ1v) is 6.68. The van der Waals surface area contributed by atoms with Gasteiger partial charge in [-0.15, -0.1) is 10.2 Å². The third-order valence-corrected chi connectivity index (χ3v) is 3.23. The van der Waals surface area contributed by atoms with E-state index in [-0.39, 0.29) is 22.9 Å². The maximum absolute atomic E-state index is 11.8. The molecule has 1 fully saturated rings. The second-order valence-electron chi connectivity index (χ2n) is 4.34. The van der Waals surface area contributed by atoms with Gasteiger partial charge in [0.2, 0.25) is 0 Å². The number of aromatic nitrogens is 2. The Balaban J connectivity index is 1.81. The SMILES string of the molecule is CCN1CCOC(CNC(=O)c2ccc(Cl)nn2)C1. The van der Waals surface area contributed by atoms with Crippen molar-refractivity contribution in [3.05, 3.63) is 23.0 Å². The molecule has 1 amide bonds. The molecule has 1 unspecified atom stereocenters. The highest BCUT2D eigenvalue weighted by molar-refractivity contribution is 6.29. The van der Waals surface area contributed by atoms with E-state index in [1.54, 1.807) is 12.1 Å². The third kappa shape index (κ3) is 4.12. The van der Waals surface area contributed by atoms with E-state index in [0.717, 1.165) is 19.6 Å². The molecule has 104 valence electrons. The zero-order valence-electron chi connectivity index (χ0n) is 10.8. The summed E-state index contributed by atoms with van der Waals surface area (Å²) in [5.74, 6) is -0.263. The second-order valence-corrected chi connectivity index (χ2v) is 4.72. The highest BCUT2D eigenvalue weighted by Gasteiger charge is 2.20. The number of carbonyl (C=O) groups is 1. The van der Waals surface area contributed by atoms with E-state index in [1.165, 1.54) is 0 Å². The lowest BCUT2D eigenvalue weighted by molar-refractivity contribution is -0.0246. The number of amides is 1. The van der Waals surface area contributed by atoms with Crippen molar-refractivity contribution >= 4 is 17.5 Å². The molecular weight excluding hydrogens is 268 g/mol. The topological polar surface area (TPSA) is 67.3 Å². The molecule has 0 saturated carbocycles. The van der Waals surface area contributed by atoms with Gasteiger partial charge in [0.05, 0.1) is 12.7 Å². The van der Waals surface area contributed by atoms with Crippen LogP contribution in [0.5, 0.6) is 0 Å². The summed E-state index contributed by atoms with van der Waals surface area (Å²) in [6.45, 7) is 6.07. The van der Waals surface area contributed by atoms with Crippen molar-refractivity contribution in [1.29, 1.82) is 0 Å². The molecule has 7 heteroatoms. The van der Waals surface area contributed by atoms with Gasteiger partial charge in [-0.2, -0.15) is 0 Å². The maximum Gasteiger partial charge on any atom is 0.271 e. The van der Waals surface area contributed by atoms with Crippen LogP contribution in [-0.2, 0) is 4.74 Å². The molecule has 19 heavy (non-hydrogen) atoms. The first-order chi connectivity index (χ1) is 9.19. The Hall–Kier alpha value is -1.24. The summed E-state index contributed by atoms with van der Waals surface area (Å²) in [7, 11) is 0. The molecule has 6 nitrogen and oxygen atoms in total. The van der Waals surface area contributed by atoms with Gasteiger partial charge in [-0.05, 0) is 18.7 Å². The summed E-state index contributed by atoms with van der Waals surface area (Å²) in [4.78, 5) is 14.1. The minimum atomic E-state index is -0.263. The van der Waals surface area contributed by atoms with Crippen LogP contribution in [0, 0.1) is 0 Å². The number of nitrogens with zero attached hydrogens (tertiary/aromatic N) is 3. The molecule has 2 heterocycles. The van der Waals surface area contributed by atoms with Crippen molar-refractivity contribution in [2.24, 2.45) is 0 Å². The van der Waals surface area contributed by atoms with Gasteiger partial charge >= 0.3 is 0 Å². The van der Waals surface area contributed by atoms with E-state index in [1.807, 2.05) is 0 Å². The fourth-order valence-corrected chi connectivity index (χ4v) is 2.03. The van der Waals surface area contributed by atoms with Crippen molar-refractivity contribution in [2.45, 2.75) is 13.0 Å². The Morgan fingerprint density at radius 2 is 2.42 bits per heavy atom. The van der Waals surface area contributed by atoms with Crippen LogP contribution in [0.4, 0.5) is 0 Å². The van der Waals surface area contributed by atoms with E-state index in [0.29, 0.717) is 13.2 Å². The highest BCUT2D eigenvalue weighted by Crippen LogP contribution is 2.05. The van der Waals surface area contributed by atoms with Gasteiger partial charge < -0.3 is 10.1 Å². The van der Waals surface area contributed by atoms with Crippen molar-refractivity contribution in [3.8, 4) is 0 Å². The average Bonchev–Trinajstić information content (AvgIpc) is 2.46. The minimum absolute atomic E-state index is 0.0258. The van der Waals surface area contributed by atoms with Gasteiger partial charge in [0.15, 0.2) is 10.8 Å².